The number of hydrogen-bond acceptors (Lipinski definition) is 4. The zero-order valence-electron chi connectivity index (χ0n) is 10.4. The van der Waals surface area contributed by atoms with Gasteiger partial charge in [-0.1, -0.05) is 0 Å². The van der Waals surface area contributed by atoms with E-state index in [0.29, 0.717) is 12.2 Å². The number of ether oxygens (including phenoxy) is 1. The Morgan fingerprint density at radius 2 is 2.06 bits per heavy atom. The average Bonchev–Trinajstić information content (AvgIpc) is 2.76. The molecule has 0 spiro atoms. The molecule has 0 saturated carbocycles. The van der Waals surface area contributed by atoms with Crippen molar-refractivity contribution < 1.29 is 9.53 Å². The third-order valence-corrected chi connectivity index (χ3v) is 2.39. The number of nitrogens with one attached hydrogen (secondary N) is 1. The minimum Gasteiger partial charge on any atom is -0.462 e. The lowest BCUT2D eigenvalue weighted by atomic mass is 10.2. The fourth-order valence-corrected chi connectivity index (χ4v) is 1.56. The van der Waals surface area contributed by atoms with Gasteiger partial charge in [-0.25, -0.2) is 4.79 Å². The van der Waals surface area contributed by atoms with Crippen molar-refractivity contribution in [2.24, 2.45) is 7.05 Å². The van der Waals surface area contributed by atoms with Crippen LogP contribution in [0.1, 0.15) is 17.3 Å². The highest BCUT2D eigenvalue weighted by Crippen LogP contribution is 2.16. The predicted octanol–water partition coefficient (Wildman–Crippen LogP) is 2.34. The van der Waals surface area contributed by atoms with E-state index in [4.69, 9.17) is 4.74 Å². The summed E-state index contributed by atoms with van der Waals surface area (Å²) < 4.78 is 6.63. The van der Waals surface area contributed by atoms with Gasteiger partial charge in [0.05, 0.1) is 24.1 Å². The smallest absolute Gasteiger partial charge is 0.338 e. The maximum Gasteiger partial charge on any atom is 0.338 e. The lowest BCUT2D eigenvalue weighted by Gasteiger charge is -2.05. The van der Waals surface area contributed by atoms with Crippen LogP contribution >= 0.6 is 0 Å². The first-order valence-electron chi connectivity index (χ1n) is 5.72. The van der Waals surface area contributed by atoms with E-state index in [1.165, 1.54) is 0 Å². The van der Waals surface area contributed by atoms with Gasteiger partial charge in [0.1, 0.15) is 0 Å². The van der Waals surface area contributed by atoms with Crippen LogP contribution in [0.5, 0.6) is 0 Å². The minimum atomic E-state index is -0.301. The second-order valence-corrected chi connectivity index (χ2v) is 3.83. The second kappa shape index (κ2) is 5.35. The topological polar surface area (TPSA) is 56.1 Å². The average molecular weight is 245 g/mol. The van der Waals surface area contributed by atoms with E-state index in [-0.39, 0.29) is 5.97 Å². The van der Waals surface area contributed by atoms with Crippen molar-refractivity contribution in [3.8, 4) is 0 Å². The van der Waals surface area contributed by atoms with Crippen molar-refractivity contribution in [3.05, 3.63) is 42.2 Å². The first-order valence-corrected chi connectivity index (χ1v) is 5.72. The molecule has 0 fully saturated rings. The second-order valence-electron chi connectivity index (χ2n) is 3.83. The Morgan fingerprint density at radius 3 is 2.61 bits per heavy atom. The van der Waals surface area contributed by atoms with Crippen molar-refractivity contribution in [2.75, 3.05) is 11.9 Å². The summed E-state index contributed by atoms with van der Waals surface area (Å²) in [6.45, 7) is 2.17. The summed E-state index contributed by atoms with van der Waals surface area (Å²) in [6.07, 6.45) is 3.61. The molecule has 1 aromatic carbocycles. The van der Waals surface area contributed by atoms with Gasteiger partial charge in [-0.3, -0.25) is 4.68 Å². The van der Waals surface area contributed by atoms with Crippen LogP contribution < -0.4 is 5.32 Å². The molecule has 5 nitrogen and oxygen atoms in total. The van der Waals surface area contributed by atoms with Gasteiger partial charge in [-0.2, -0.15) is 5.10 Å². The number of esters is 1. The van der Waals surface area contributed by atoms with Gasteiger partial charge >= 0.3 is 5.97 Å². The molecule has 5 heteroatoms. The van der Waals surface area contributed by atoms with E-state index >= 15 is 0 Å². The zero-order chi connectivity index (χ0) is 13.0. The van der Waals surface area contributed by atoms with Crippen LogP contribution in [-0.4, -0.2) is 22.4 Å². The lowest BCUT2D eigenvalue weighted by molar-refractivity contribution is 0.0526. The van der Waals surface area contributed by atoms with Crippen LogP contribution in [0.4, 0.5) is 11.4 Å². The van der Waals surface area contributed by atoms with E-state index in [1.54, 1.807) is 29.9 Å². The minimum absolute atomic E-state index is 0.301. The summed E-state index contributed by atoms with van der Waals surface area (Å²) >= 11 is 0. The van der Waals surface area contributed by atoms with Crippen molar-refractivity contribution in [2.45, 2.75) is 6.92 Å². The maximum atomic E-state index is 11.5. The molecule has 0 aliphatic rings. The predicted molar refractivity (Wildman–Crippen MR) is 68.9 cm³/mol. The molecule has 1 aromatic heterocycles. The summed E-state index contributed by atoms with van der Waals surface area (Å²) in [7, 11) is 1.86. The molecule has 1 heterocycles. The molecule has 1 N–H and O–H groups in total. The number of rotatable bonds is 4. The summed E-state index contributed by atoms with van der Waals surface area (Å²) in [5, 5.41) is 7.25. The monoisotopic (exact) mass is 245 g/mol. The molecule has 0 aliphatic carbocycles. The standard InChI is InChI=1S/C13H15N3O2/c1-3-18-13(17)10-4-6-11(7-5-10)15-12-8-14-16(2)9-12/h4-9,15H,3H2,1-2H3. The molecule has 0 saturated heterocycles. The van der Waals surface area contributed by atoms with Gasteiger partial charge in [0.15, 0.2) is 0 Å². The molecular weight excluding hydrogens is 230 g/mol. The maximum absolute atomic E-state index is 11.5. The summed E-state index contributed by atoms with van der Waals surface area (Å²) in [6, 6.07) is 7.13. The Labute approximate surface area is 105 Å². The van der Waals surface area contributed by atoms with Gasteiger partial charge in [0.2, 0.25) is 0 Å². The Balaban J connectivity index is 2.05. The van der Waals surface area contributed by atoms with Crippen LogP contribution in [0.15, 0.2) is 36.7 Å². The molecule has 0 aliphatic heterocycles. The van der Waals surface area contributed by atoms with Gasteiger partial charge in [-0.05, 0) is 31.2 Å². The Bertz CT molecular complexity index is 531. The van der Waals surface area contributed by atoms with E-state index in [0.717, 1.165) is 11.4 Å². The highest BCUT2D eigenvalue weighted by molar-refractivity contribution is 5.89. The first kappa shape index (κ1) is 12.2. The van der Waals surface area contributed by atoms with Crippen LogP contribution in [0, 0.1) is 0 Å². The number of hydrogen-bond donors (Lipinski definition) is 1. The van der Waals surface area contributed by atoms with Gasteiger partial charge in [0, 0.05) is 18.9 Å². The molecule has 2 aromatic rings. The Morgan fingerprint density at radius 1 is 1.33 bits per heavy atom. The van der Waals surface area contributed by atoms with Crippen LogP contribution in [0.3, 0.4) is 0 Å². The fourth-order valence-electron chi connectivity index (χ4n) is 1.56. The molecule has 2 rings (SSSR count). The molecule has 0 unspecified atom stereocenters. The number of carbonyl (C=O) groups is 1. The molecule has 18 heavy (non-hydrogen) atoms. The summed E-state index contributed by atoms with van der Waals surface area (Å²) in [4.78, 5) is 11.5. The number of aryl methyl sites for hydroxylation is 1. The van der Waals surface area contributed by atoms with Crippen molar-refractivity contribution in [1.29, 1.82) is 0 Å². The Hall–Kier alpha value is -2.30. The lowest BCUT2D eigenvalue weighted by Crippen LogP contribution is -2.04. The van der Waals surface area contributed by atoms with Crippen molar-refractivity contribution in [3.63, 3.8) is 0 Å². The highest BCUT2D eigenvalue weighted by atomic mass is 16.5. The zero-order valence-corrected chi connectivity index (χ0v) is 10.4. The Kier molecular flexibility index (Phi) is 3.62. The third kappa shape index (κ3) is 2.88. The quantitative estimate of drug-likeness (QED) is 0.840. The third-order valence-electron chi connectivity index (χ3n) is 2.39. The number of aromatic nitrogens is 2. The highest BCUT2D eigenvalue weighted by Gasteiger charge is 2.05. The van der Waals surface area contributed by atoms with E-state index in [9.17, 15) is 4.79 Å². The number of benzene rings is 1. The fraction of sp³-hybridized carbons (Fsp3) is 0.231. The SMILES string of the molecule is CCOC(=O)c1ccc(Nc2cnn(C)c2)cc1. The van der Waals surface area contributed by atoms with Gasteiger partial charge in [0.25, 0.3) is 0 Å². The van der Waals surface area contributed by atoms with E-state index in [1.807, 2.05) is 25.4 Å². The summed E-state index contributed by atoms with van der Waals surface area (Å²) in [5.41, 5.74) is 2.35. The molecule has 94 valence electrons. The van der Waals surface area contributed by atoms with Crippen molar-refractivity contribution in [1.82, 2.24) is 9.78 Å². The largest absolute Gasteiger partial charge is 0.462 e. The normalized spacial score (nSPS) is 10.1. The summed E-state index contributed by atoms with van der Waals surface area (Å²) in [5.74, 6) is -0.301. The number of anilines is 2. The molecule has 0 amide bonds. The molecule has 0 bridgehead atoms. The first-order chi connectivity index (χ1) is 8.69. The van der Waals surface area contributed by atoms with E-state index in [2.05, 4.69) is 10.4 Å². The number of carbonyl (C=O) groups excluding carboxylic acids is 1. The van der Waals surface area contributed by atoms with E-state index < -0.39 is 0 Å². The molecule has 0 radical (unpaired) electrons. The number of nitrogens with zero attached hydrogens (tertiary/aromatic N) is 2. The molecule has 0 atom stereocenters. The van der Waals surface area contributed by atoms with Crippen LogP contribution in [0.2, 0.25) is 0 Å². The van der Waals surface area contributed by atoms with Crippen LogP contribution in [0.25, 0.3) is 0 Å². The van der Waals surface area contributed by atoms with Crippen LogP contribution in [-0.2, 0) is 11.8 Å². The van der Waals surface area contributed by atoms with Gasteiger partial charge < -0.3 is 10.1 Å². The molecular formula is C13H15N3O2. The van der Waals surface area contributed by atoms with Gasteiger partial charge in [-0.15, -0.1) is 0 Å². The van der Waals surface area contributed by atoms with Crippen molar-refractivity contribution >= 4 is 17.3 Å².